The molecule has 0 bridgehead atoms. The molecule has 146 valence electrons. The van der Waals surface area contributed by atoms with Crippen LogP contribution in [0.5, 0.6) is 0 Å². The maximum absolute atomic E-state index is 12.3. The monoisotopic (exact) mass is 408 g/mol. The number of hydrogen-bond acceptors (Lipinski definition) is 2. The van der Waals surface area contributed by atoms with Crippen molar-refractivity contribution in [1.82, 2.24) is 5.43 Å². The summed E-state index contributed by atoms with van der Waals surface area (Å²) in [6.07, 6.45) is 1.73. The van der Waals surface area contributed by atoms with E-state index in [1.54, 1.807) is 18.3 Å². The van der Waals surface area contributed by atoms with Crippen molar-refractivity contribution >= 4 is 36.0 Å². The second-order valence-corrected chi connectivity index (χ2v) is 8.82. The number of hydrogen-bond donors (Lipinski definition) is 1. The van der Waals surface area contributed by atoms with E-state index < -0.39 is 7.92 Å². The van der Waals surface area contributed by atoms with Crippen LogP contribution in [-0.2, 0) is 0 Å². The molecule has 3 nitrogen and oxygen atoms in total. The Balaban J connectivity index is 1.66. The molecule has 1 amide bonds. The van der Waals surface area contributed by atoms with Gasteiger partial charge in [-0.2, -0.15) is 5.10 Å². The van der Waals surface area contributed by atoms with E-state index in [1.807, 2.05) is 42.5 Å². The van der Waals surface area contributed by atoms with E-state index in [-0.39, 0.29) is 5.91 Å². The van der Waals surface area contributed by atoms with Crippen LogP contribution in [0.15, 0.2) is 120 Å². The van der Waals surface area contributed by atoms with Crippen molar-refractivity contribution in [2.45, 2.75) is 0 Å². The van der Waals surface area contributed by atoms with Crippen LogP contribution in [0.1, 0.15) is 15.9 Å². The highest BCUT2D eigenvalue weighted by atomic mass is 31.1. The van der Waals surface area contributed by atoms with E-state index in [1.165, 1.54) is 15.9 Å². The number of hydrazone groups is 1. The summed E-state index contributed by atoms with van der Waals surface area (Å²) >= 11 is 0. The number of benzene rings is 4. The Bertz CT molecular complexity index is 1090. The Morgan fingerprint density at radius 1 is 0.667 bits per heavy atom. The molecule has 0 heterocycles. The maximum Gasteiger partial charge on any atom is 0.271 e. The predicted octanol–water partition coefficient (Wildman–Crippen LogP) is 4.21. The second-order valence-electron chi connectivity index (χ2n) is 6.63. The third-order valence-corrected chi connectivity index (χ3v) is 7.13. The zero-order chi connectivity index (χ0) is 20.6. The van der Waals surface area contributed by atoms with Gasteiger partial charge in [-0.1, -0.05) is 103 Å². The fraction of sp³-hybridized carbons (Fsp3) is 0. The molecular weight excluding hydrogens is 387 g/mol. The summed E-state index contributed by atoms with van der Waals surface area (Å²) in [6, 6.07) is 38.4. The van der Waals surface area contributed by atoms with Gasteiger partial charge in [0.05, 0.1) is 6.21 Å². The minimum Gasteiger partial charge on any atom is -0.267 e. The Morgan fingerprint density at radius 3 is 1.77 bits per heavy atom. The van der Waals surface area contributed by atoms with Gasteiger partial charge in [0.1, 0.15) is 0 Å². The fourth-order valence-electron chi connectivity index (χ4n) is 3.20. The Kier molecular flexibility index (Phi) is 6.44. The van der Waals surface area contributed by atoms with Gasteiger partial charge in [-0.15, -0.1) is 0 Å². The quantitative estimate of drug-likeness (QED) is 0.290. The summed E-state index contributed by atoms with van der Waals surface area (Å²) in [5.74, 6) is -0.224. The average Bonchev–Trinajstić information content (AvgIpc) is 2.82. The molecule has 0 atom stereocenters. The molecule has 4 aromatic carbocycles. The van der Waals surface area contributed by atoms with Crippen LogP contribution in [0.3, 0.4) is 0 Å². The lowest BCUT2D eigenvalue weighted by Gasteiger charge is -2.21. The van der Waals surface area contributed by atoms with Crippen molar-refractivity contribution in [3.8, 4) is 0 Å². The minimum atomic E-state index is -0.746. The summed E-state index contributed by atoms with van der Waals surface area (Å²) in [6.45, 7) is 0. The molecule has 0 spiro atoms. The van der Waals surface area contributed by atoms with Gasteiger partial charge in [-0.3, -0.25) is 4.79 Å². The minimum absolute atomic E-state index is 0.224. The molecule has 0 aromatic heterocycles. The largest absolute Gasteiger partial charge is 0.271 e. The molecule has 0 saturated heterocycles. The topological polar surface area (TPSA) is 41.5 Å². The van der Waals surface area contributed by atoms with E-state index in [0.717, 1.165) is 5.56 Å². The van der Waals surface area contributed by atoms with Gasteiger partial charge in [0, 0.05) is 11.1 Å². The standard InChI is InChI=1S/C26H21N2OP/c29-26(21-12-4-1-5-13-21)28-27-20-22-14-10-11-19-25(22)30(23-15-6-2-7-16-23)24-17-8-3-9-18-24/h1-20H,(H,28,29)/b27-20+. The fourth-order valence-corrected chi connectivity index (χ4v) is 5.62. The molecule has 0 saturated carbocycles. The summed E-state index contributed by atoms with van der Waals surface area (Å²) in [5, 5.41) is 7.97. The Hall–Kier alpha value is -3.55. The lowest BCUT2D eigenvalue weighted by Crippen LogP contribution is -2.24. The van der Waals surface area contributed by atoms with Crippen molar-refractivity contribution in [3.05, 3.63) is 126 Å². The molecular formula is C26H21N2OP. The van der Waals surface area contributed by atoms with Gasteiger partial charge in [0.2, 0.25) is 0 Å². The van der Waals surface area contributed by atoms with Gasteiger partial charge >= 0.3 is 0 Å². The first kappa shape index (κ1) is 19.8. The molecule has 0 aliphatic heterocycles. The highest BCUT2D eigenvalue weighted by Crippen LogP contribution is 2.33. The summed E-state index contributed by atoms with van der Waals surface area (Å²) < 4.78 is 0. The zero-order valence-electron chi connectivity index (χ0n) is 16.3. The van der Waals surface area contributed by atoms with Crippen LogP contribution in [0.4, 0.5) is 0 Å². The molecule has 0 aliphatic rings. The van der Waals surface area contributed by atoms with Crippen LogP contribution in [-0.4, -0.2) is 12.1 Å². The van der Waals surface area contributed by atoms with Crippen molar-refractivity contribution in [2.24, 2.45) is 5.10 Å². The van der Waals surface area contributed by atoms with Crippen LogP contribution in [0, 0.1) is 0 Å². The number of rotatable bonds is 6. The smallest absolute Gasteiger partial charge is 0.267 e. The van der Waals surface area contributed by atoms with Gasteiger partial charge in [-0.25, -0.2) is 5.43 Å². The molecule has 0 radical (unpaired) electrons. The lowest BCUT2D eigenvalue weighted by molar-refractivity contribution is 0.0955. The third-order valence-electron chi connectivity index (χ3n) is 4.61. The number of carbonyl (C=O) groups excluding carboxylic acids is 1. The Labute approximate surface area is 177 Å². The predicted molar refractivity (Wildman–Crippen MR) is 127 cm³/mol. The zero-order valence-corrected chi connectivity index (χ0v) is 17.2. The lowest BCUT2D eigenvalue weighted by atomic mass is 10.2. The first-order valence-electron chi connectivity index (χ1n) is 9.70. The molecule has 30 heavy (non-hydrogen) atoms. The van der Waals surface area contributed by atoms with Crippen molar-refractivity contribution < 1.29 is 4.79 Å². The van der Waals surface area contributed by atoms with Crippen molar-refractivity contribution in [3.63, 3.8) is 0 Å². The molecule has 4 heteroatoms. The van der Waals surface area contributed by atoms with E-state index in [9.17, 15) is 4.79 Å². The second kappa shape index (κ2) is 9.78. The average molecular weight is 408 g/mol. The SMILES string of the molecule is O=C(N/N=C/c1ccccc1P(c1ccccc1)c1ccccc1)c1ccccc1. The number of amides is 1. The van der Waals surface area contributed by atoms with Gasteiger partial charge < -0.3 is 0 Å². The van der Waals surface area contributed by atoms with Crippen molar-refractivity contribution in [2.75, 3.05) is 0 Å². The maximum atomic E-state index is 12.3. The van der Waals surface area contributed by atoms with Gasteiger partial charge in [0.15, 0.2) is 0 Å². The van der Waals surface area contributed by atoms with Crippen molar-refractivity contribution in [1.29, 1.82) is 0 Å². The molecule has 0 fully saturated rings. The molecule has 4 aromatic rings. The van der Waals surface area contributed by atoms with Gasteiger partial charge in [-0.05, 0) is 36.0 Å². The summed E-state index contributed by atoms with van der Waals surface area (Å²) in [5.41, 5.74) is 4.20. The van der Waals surface area contributed by atoms with Crippen LogP contribution in [0.2, 0.25) is 0 Å². The van der Waals surface area contributed by atoms with Crippen LogP contribution >= 0.6 is 7.92 Å². The van der Waals surface area contributed by atoms with Gasteiger partial charge in [0.25, 0.3) is 5.91 Å². The highest BCUT2D eigenvalue weighted by molar-refractivity contribution is 7.80. The van der Waals surface area contributed by atoms with Crippen LogP contribution in [0.25, 0.3) is 0 Å². The summed E-state index contributed by atoms with van der Waals surface area (Å²) in [4.78, 5) is 12.3. The normalized spacial score (nSPS) is 11.0. The number of nitrogens with one attached hydrogen (secondary N) is 1. The number of nitrogens with zero attached hydrogens (tertiary/aromatic N) is 1. The molecule has 1 N–H and O–H groups in total. The van der Waals surface area contributed by atoms with E-state index in [2.05, 4.69) is 71.2 Å². The molecule has 4 rings (SSSR count). The van der Waals surface area contributed by atoms with Crippen LogP contribution < -0.4 is 21.3 Å². The van der Waals surface area contributed by atoms with E-state index >= 15 is 0 Å². The first-order chi connectivity index (χ1) is 14.8. The highest BCUT2D eigenvalue weighted by Gasteiger charge is 2.18. The molecule has 0 unspecified atom stereocenters. The third kappa shape index (κ3) is 4.71. The first-order valence-corrected chi connectivity index (χ1v) is 11.0. The van der Waals surface area contributed by atoms with E-state index in [4.69, 9.17) is 0 Å². The number of carbonyl (C=O) groups is 1. The Morgan fingerprint density at radius 2 is 1.17 bits per heavy atom. The molecule has 0 aliphatic carbocycles. The summed E-state index contributed by atoms with van der Waals surface area (Å²) in [7, 11) is -0.746. The van der Waals surface area contributed by atoms with E-state index in [0.29, 0.717) is 5.56 Å².